The Morgan fingerprint density at radius 3 is 1.68 bits per heavy atom. The molecule has 1 atom stereocenters. The van der Waals surface area contributed by atoms with E-state index in [9.17, 15) is 0 Å². The van der Waals surface area contributed by atoms with Crippen LogP contribution in [-0.4, -0.2) is 4.57 Å². The van der Waals surface area contributed by atoms with Crippen LogP contribution in [0.5, 0.6) is 0 Å². The fourth-order valence-electron chi connectivity index (χ4n) is 11.4. The zero-order valence-electron chi connectivity index (χ0n) is 37.4. The first kappa shape index (κ1) is 39.6. The number of para-hydroxylation sites is 1. The van der Waals surface area contributed by atoms with Gasteiger partial charge in [-0.15, -0.1) is 0 Å². The van der Waals surface area contributed by atoms with Crippen molar-refractivity contribution in [1.29, 1.82) is 0 Å². The van der Waals surface area contributed by atoms with E-state index < -0.39 is 5.41 Å². The van der Waals surface area contributed by atoms with Gasteiger partial charge in [0.2, 0.25) is 0 Å². The molecule has 1 aliphatic heterocycles. The first-order valence-electron chi connectivity index (χ1n) is 23.6. The number of nitrogens with one attached hydrogen (secondary N) is 1. The van der Waals surface area contributed by atoms with Crippen molar-refractivity contribution in [2.45, 2.75) is 11.5 Å². The minimum absolute atomic E-state index is 0.0284. The summed E-state index contributed by atoms with van der Waals surface area (Å²) < 4.78 is 2.43. The molecule has 10 aromatic carbocycles. The van der Waals surface area contributed by atoms with Gasteiger partial charge < -0.3 is 9.88 Å². The monoisotopic (exact) mass is 866 g/mol. The predicted octanol–water partition coefficient (Wildman–Crippen LogP) is 16.2. The highest BCUT2D eigenvalue weighted by Gasteiger charge is 2.47. The van der Waals surface area contributed by atoms with Crippen LogP contribution in [0.2, 0.25) is 0 Å². The second-order valence-corrected chi connectivity index (χ2v) is 18.0. The maximum absolute atomic E-state index is 3.92. The van der Waals surface area contributed by atoms with E-state index in [0.717, 1.165) is 11.4 Å². The van der Waals surface area contributed by atoms with Gasteiger partial charge in [0, 0.05) is 27.7 Å². The molecular formula is C66H46N2. The molecule has 1 aliphatic carbocycles. The van der Waals surface area contributed by atoms with Crippen LogP contribution >= 0.6 is 0 Å². The summed E-state index contributed by atoms with van der Waals surface area (Å²) in [6, 6.07) is 93.4. The first-order chi connectivity index (χ1) is 33.7. The minimum atomic E-state index is -0.485. The summed E-state index contributed by atoms with van der Waals surface area (Å²) in [6.45, 7) is 0. The Kier molecular flexibility index (Phi) is 9.50. The molecule has 0 radical (unpaired) electrons. The van der Waals surface area contributed by atoms with Gasteiger partial charge in [-0.05, 0) is 115 Å². The van der Waals surface area contributed by atoms with E-state index in [0.29, 0.717) is 0 Å². The van der Waals surface area contributed by atoms with Crippen molar-refractivity contribution in [2.75, 3.05) is 0 Å². The summed E-state index contributed by atoms with van der Waals surface area (Å²) in [4.78, 5) is 0. The molecule has 0 amide bonds. The maximum atomic E-state index is 3.92. The highest BCUT2D eigenvalue weighted by atomic mass is 15.0. The zero-order valence-corrected chi connectivity index (χ0v) is 37.4. The van der Waals surface area contributed by atoms with Crippen molar-refractivity contribution in [3.05, 3.63) is 306 Å². The molecule has 320 valence electrons. The summed E-state index contributed by atoms with van der Waals surface area (Å²) in [5.41, 5.74) is 21.5. The molecule has 1 unspecified atom stereocenters. The predicted molar refractivity (Wildman–Crippen MR) is 284 cm³/mol. The van der Waals surface area contributed by atoms with Crippen LogP contribution < -0.4 is 5.32 Å². The Labute approximate surface area is 397 Å². The molecule has 13 rings (SSSR count). The molecule has 2 heterocycles. The standard InChI is InChI=1S/C66H46N2/c1-5-20-45(21-6-1)49-43-61(47-22-7-2-8-23-47)67-62(44-49)56-30-14-13-28-53(56)48-38-41-64-59(42-48)57-31-16-18-35-63(57)68(64)52-39-36-46(37-40-52)54-32-19-33-58-55-29-15-17-34-60(55)66(65(54)58,50-24-9-3-10-25-50)51-26-11-4-12-27-51/h1-44,61,67H. The van der Waals surface area contributed by atoms with Gasteiger partial charge in [-0.3, -0.25) is 0 Å². The van der Waals surface area contributed by atoms with Crippen molar-refractivity contribution < 1.29 is 0 Å². The number of aromatic nitrogens is 1. The summed E-state index contributed by atoms with van der Waals surface area (Å²) in [6.07, 6.45) is 4.66. The third-order valence-corrected chi connectivity index (χ3v) is 14.3. The largest absolute Gasteiger partial charge is 0.374 e. The van der Waals surface area contributed by atoms with E-state index in [2.05, 4.69) is 277 Å². The van der Waals surface area contributed by atoms with E-state index in [1.165, 1.54) is 99.7 Å². The Morgan fingerprint density at radius 2 is 0.941 bits per heavy atom. The minimum Gasteiger partial charge on any atom is -0.374 e. The molecule has 1 N–H and O–H groups in total. The van der Waals surface area contributed by atoms with Crippen LogP contribution in [0.3, 0.4) is 0 Å². The zero-order chi connectivity index (χ0) is 45.0. The molecule has 68 heavy (non-hydrogen) atoms. The van der Waals surface area contributed by atoms with Gasteiger partial charge in [-0.2, -0.15) is 0 Å². The molecule has 2 nitrogen and oxygen atoms in total. The number of hydrogen-bond donors (Lipinski definition) is 1. The average Bonchev–Trinajstić information content (AvgIpc) is 3.92. The van der Waals surface area contributed by atoms with Gasteiger partial charge in [0.25, 0.3) is 0 Å². The Morgan fingerprint density at radius 1 is 0.382 bits per heavy atom. The fraction of sp³-hybridized carbons (Fsp3) is 0.0303. The van der Waals surface area contributed by atoms with Gasteiger partial charge >= 0.3 is 0 Å². The van der Waals surface area contributed by atoms with Gasteiger partial charge in [-0.25, -0.2) is 0 Å². The van der Waals surface area contributed by atoms with Crippen LogP contribution in [0.15, 0.2) is 267 Å². The van der Waals surface area contributed by atoms with Gasteiger partial charge in [0.15, 0.2) is 0 Å². The van der Waals surface area contributed by atoms with Crippen molar-refractivity contribution >= 4 is 33.1 Å². The molecule has 0 bridgehead atoms. The number of rotatable bonds is 8. The van der Waals surface area contributed by atoms with Gasteiger partial charge in [0.1, 0.15) is 0 Å². The Bertz CT molecular complexity index is 3690. The molecule has 1 aromatic heterocycles. The van der Waals surface area contributed by atoms with Crippen LogP contribution in [0, 0.1) is 0 Å². The fourth-order valence-corrected chi connectivity index (χ4v) is 11.4. The highest BCUT2D eigenvalue weighted by Crippen LogP contribution is 2.58. The molecule has 2 heteroatoms. The third kappa shape index (κ3) is 6.33. The third-order valence-electron chi connectivity index (χ3n) is 14.3. The molecule has 0 fully saturated rings. The smallest absolute Gasteiger partial charge is 0.0719 e. The first-order valence-corrected chi connectivity index (χ1v) is 23.6. The lowest BCUT2D eigenvalue weighted by molar-refractivity contribution is 0.767. The quantitative estimate of drug-likeness (QED) is 0.161. The van der Waals surface area contributed by atoms with Crippen molar-refractivity contribution in [3.63, 3.8) is 0 Å². The summed E-state index contributed by atoms with van der Waals surface area (Å²) in [5.74, 6) is 0. The Hall–Kier alpha value is -8.72. The number of nitrogens with zero attached hydrogens (tertiary/aromatic N) is 1. The van der Waals surface area contributed by atoms with E-state index >= 15 is 0 Å². The van der Waals surface area contributed by atoms with Gasteiger partial charge in [-0.1, -0.05) is 224 Å². The second-order valence-electron chi connectivity index (χ2n) is 18.0. The van der Waals surface area contributed by atoms with Crippen LogP contribution in [0.4, 0.5) is 0 Å². The molecular weight excluding hydrogens is 821 g/mol. The lowest BCUT2D eigenvalue weighted by Crippen LogP contribution is -2.29. The molecule has 0 saturated heterocycles. The molecule has 11 aromatic rings. The van der Waals surface area contributed by atoms with Crippen molar-refractivity contribution in [3.8, 4) is 39.1 Å². The lowest BCUT2D eigenvalue weighted by atomic mass is 9.66. The number of dihydropyridines is 1. The lowest BCUT2D eigenvalue weighted by Gasteiger charge is -2.35. The van der Waals surface area contributed by atoms with E-state index in [1.807, 2.05) is 0 Å². The SMILES string of the molecule is C1=C(c2ccccc2)C=C(c2ccccc2-c2ccc3c(c2)c2ccccc2n3-c2ccc(-c3cccc4c3C(c3ccccc3)(c3ccccc3)c3ccccc3-4)cc2)NC1c1ccccc1. The number of hydrogen-bond acceptors (Lipinski definition) is 1. The number of benzene rings is 10. The summed E-state index contributed by atoms with van der Waals surface area (Å²) in [5, 5.41) is 6.38. The highest BCUT2D eigenvalue weighted by molar-refractivity contribution is 6.11. The van der Waals surface area contributed by atoms with Crippen LogP contribution in [0.25, 0.3) is 72.1 Å². The number of fused-ring (bicyclic) bond motifs is 6. The maximum Gasteiger partial charge on any atom is 0.0719 e. The van der Waals surface area contributed by atoms with E-state index in [4.69, 9.17) is 0 Å². The van der Waals surface area contributed by atoms with Crippen molar-refractivity contribution in [1.82, 2.24) is 9.88 Å². The topological polar surface area (TPSA) is 17.0 Å². The van der Waals surface area contributed by atoms with Crippen LogP contribution in [0.1, 0.15) is 45.0 Å². The van der Waals surface area contributed by atoms with E-state index in [1.54, 1.807) is 0 Å². The van der Waals surface area contributed by atoms with Crippen LogP contribution in [-0.2, 0) is 5.41 Å². The van der Waals surface area contributed by atoms with E-state index in [-0.39, 0.29) is 6.04 Å². The molecule has 0 spiro atoms. The van der Waals surface area contributed by atoms with Crippen molar-refractivity contribution in [2.24, 2.45) is 0 Å². The number of allylic oxidation sites excluding steroid dienone is 2. The average molecular weight is 867 g/mol. The second kappa shape index (κ2) is 16.3. The summed E-state index contributed by atoms with van der Waals surface area (Å²) >= 11 is 0. The van der Waals surface area contributed by atoms with Gasteiger partial charge in [0.05, 0.1) is 22.5 Å². The Balaban J connectivity index is 0.920. The summed E-state index contributed by atoms with van der Waals surface area (Å²) in [7, 11) is 0. The molecule has 2 aliphatic rings. The normalized spacial score (nSPS) is 14.7. The molecule has 0 saturated carbocycles.